The van der Waals surface area contributed by atoms with Gasteiger partial charge in [-0.15, -0.1) is 10.2 Å². The maximum atomic E-state index is 12.3. The molecule has 0 spiro atoms. The molecular weight excluding hydrogens is 390 g/mol. The van der Waals surface area contributed by atoms with Crippen molar-refractivity contribution in [2.75, 3.05) is 7.11 Å². The van der Waals surface area contributed by atoms with Crippen molar-refractivity contribution in [1.82, 2.24) is 15.2 Å². The number of pyridine rings is 1. The predicted molar refractivity (Wildman–Crippen MR) is 93.3 cm³/mol. The van der Waals surface area contributed by atoms with Gasteiger partial charge in [0.15, 0.2) is 0 Å². The van der Waals surface area contributed by atoms with E-state index in [1.807, 2.05) is 0 Å². The lowest BCUT2D eigenvalue weighted by atomic mass is 10.2. The molecule has 7 nitrogen and oxygen atoms in total. The maximum absolute atomic E-state index is 12.3. The number of hydrogen-bond donors (Lipinski definition) is 0. The second kappa shape index (κ2) is 6.14. The van der Waals surface area contributed by atoms with E-state index in [0.29, 0.717) is 28.2 Å². The monoisotopic (exact) mass is 399 g/mol. The van der Waals surface area contributed by atoms with Gasteiger partial charge in [0.05, 0.1) is 11.6 Å². The number of halogens is 1. The van der Waals surface area contributed by atoms with E-state index in [1.165, 1.54) is 7.11 Å². The Bertz CT molecular complexity index is 1120. The molecule has 8 heteroatoms. The van der Waals surface area contributed by atoms with E-state index in [9.17, 15) is 4.79 Å². The molecule has 0 radical (unpaired) electrons. The molecule has 4 rings (SSSR count). The lowest BCUT2D eigenvalue weighted by molar-refractivity contribution is 0.411. The van der Waals surface area contributed by atoms with Gasteiger partial charge in [-0.05, 0) is 40.2 Å². The second-order valence-corrected chi connectivity index (χ2v) is 5.97. The summed E-state index contributed by atoms with van der Waals surface area (Å²) in [6.07, 6.45) is 3.24. The molecule has 0 N–H and O–H groups in total. The van der Waals surface area contributed by atoms with Gasteiger partial charge in [-0.25, -0.2) is 4.79 Å². The molecule has 4 aromatic rings. The highest BCUT2D eigenvalue weighted by Crippen LogP contribution is 2.31. The van der Waals surface area contributed by atoms with Crippen LogP contribution in [0.3, 0.4) is 0 Å². The first-order valence-electron chi connectivity index (χ1n) is 7.21. The van der Waals surface area contributed by atoms with Crippen LogP contribution in [0.15, 0.2) is 60.8 Å². The van der Waals surface area contributed by atoms with Crippen LogP contribution in [0.4, 0.5) is 0 Å². The van der Waals surface area contributed by atoms with Gasteiger partial charge in [-0.3, -0.25) is 4.98 Å². The van der Waals surface area contributed by atoms with Gasteiger partial charge < -0.3 is 13.6 Å². The highest BCUT2D eigenvalue weighted by atomic mass is 79.9. The fraction of sp³-hybridized carbons (Fsp3) is 0.0588. The quantitative estimate of drug-likeness (QED) is 0.485. The molecular formula is C17H10BrN3O4. The zero-order chi connectivity index (χ0) is 17.4. The van der Waals surface area contributed by atoms with Crippen molar-refractivity contribution >= 4 is 26.9 Å². The summed E-state index contributed by atoms with van der Waals surface area (Å²) in [6.45, 7) is 0. The number of nitrogens with zero attached hydrogens (tertiary/aromatic N) is 3. The highest BCUT2D eigenvalue weighted by Gasteiger charge is 2.16. The normalized spacial score (nSPS) is 11.0. The van der Waals surface area contributed by atoms with Crippen LogP contribution in [0.2, 0.25) is 0 Å². The smallest absolute Gasteiger partial charge is 0.349 e. The van der Waals surface area contributed by atoms with Crippen LogP contribution in [0.1, 0.15) is 0 Å². The third-order valence-electron chi connectivity index (χ3n) is 3.59. The molecule has 124 valence electrons. The standard InChI is InChI=1S/C17H10BrN3O4/c1-23-14-8-13-10(7-12(14)18)6-11(17(22)24-13)16-21-20-15(25-16)9-2-4-19-5-3-9/h2-8H,1H3. The summed E-state index contributed by atoms with van der Waals surface area (Å²) in [7, 11) is 1.54. The van der Waals surface area contributed by atoms with Crippen LogP contribution >= 0.6 is 15.9 Å². The lowest BCUT2D eigenvalue weighted by Crippen LogP contribution is -2.03. The van der Waals surface area contributed by atoms with Crippen molar-refractivity contribution in [3.05, 3.63) is 57.6 Å². The summed E-state index contributed by atoms with van der Waals surface area (Å²) < 4.78 is 16.9. The largest absolute Gasteiger partial charge is 0.495 e. The first-order valence-corrected chi connectivity index (χ1v) is 8.00. The Kier molecular flexibility index (Phi) is 3.81. The van der Waals surface area contributed by atoms with E-state index in [1.54, 1.807) is 42.7 Å². The van der Waals surface area contributed by atoms with Crippen LogP contribution in [0, 0.1) is 0 Å². The van der Waals surface area contributed by atoms with Crippen molar-refractivity contribution in [2.24, 2.45) is 0 Å². The van der Waals surface area contributed by atoms with Gasteiger partial charge in [0, 0.05) is 29.4 Å². The van der Waals surface area contributed by atoms with Crippen molar-refractivity contribution < 1.29 is 13.6 Å². The van der Waals surface area contributed by atoms with E-state index in [4.69, 9.17) is 13.6 Å². The fourth-order valence-corrected chi connectivity index (χ4v) is 2.89. The molecule has 0 aliphatic rings. The Morgan fingerprint density at radius 2 is 1.80 bits per heavy atom. The van der Waals surface area contributed by atoms with Gasteiger partial charge >= 0.3 is 5.63 Å². The minimum atomic E-state index is -0.568. The van der Waals surface area contributed by atoms with Crippen molar-refractivity contribution in [2.45, 2.75) is 0 Å². The fourth-order valence-electron chi connectivity index (χ4n) is 2.37. The Labute approximate surface area is 149 Å². The number of methoxy groups -OCH3 is 1. The summed E-state index contributed by atoms with van der Waals surface area (Å²) in [5.74, 6) is 0.961. The number of rotatable bonds is 3. The molecule has 0 fully saturated rings. The number of aromatic nitrogens is 3. The molecule has 3 aromatic heterocycles. The molecule has 0 saturated carbocycles. The summed E-state index contributed by atoms with van der Waals surface area (Å²) in [5.41, 5.74) is 0.744. The third-order valence-corrected chi connectivity index (χ3v) is 4.21. The van der Waals surface area contributed by atoms with Gasteiger partial charge in [0.1, 0.15) is 16.9 Å². The summed E-state index contributed by atoms with van der Waals surface area (Å²) in [4.78, 5) is 16.2. The number of ether oxygens (including phenoxy) is 1. The van der Waals surface area contributed by atoms with Crippen LogP contribution < -0.4 is 10.4 Å². The Balaban J connectivity index is 1.83. The minimum Gasteiger partial charge on any atom is -0.495 e. The Morgan fingerprint density at radius 3 is 2.56 bits per heavy atom. The molecule has 0 atom stereocenters. The van der Waals surface area contributed by atoms with Crippen LogP contribution in [-0.2, 0) is 0 Å². The summed E-state index contributed by atoms with van der Waals surface area (Å²) >= 11 is 3.41. The van der Waals surface area contributed by atoms with E-state index in [-0.39, 0.29) is 11.5 Å². The predicted octanol–water partition coefficient (Wildman–Crippen LogP) is 3.68. The Hall–Kier alpha value is -3.00. The second-order valence-electron chi connectivity index (χ2n) is 5.12. The lowest BCUT2D eigenvalue weighted by Gasteiger charge is -2.05. The molecule has 1 aromatic carbocycles. The zero-order valence-corrected chi connectivity index (χ0v) is 14.5. The van der Waals surface area contributed by atoms with Gasteiger partial charge in [-0.2, -0.15) is 0 Å². The van der Waals surface area contributed by atoms with Gasteiger partial charge in [-0.1, -0.05) is 0 Å². The molecule has 3 heterocycles. The maximum Gasteiger partial charge on any atom is 0.349 e. The van der Waals surface area contributed by atoms with Crippen LogP contribution in [0.5, 0.6) is 5.75 Å². The Morgan fingerprint density at radius 1 is 1.04 bits per heavy atom. The molecule has 0 aliphatic carbocycles. The van der Waals surface area contributed by atoms with E-state index in [2.05, 4.69) is 31.1 Å². The van der Waals surface area contributed by atoms with Gasteiger partial charge in [0.2, 0.25) is 5.89 Å². The van der Waals surface area contributed by atoms with Gasteiger partial charge in [0.25, 0.3) is 5.89 Å². The van der Waals surface area contributed by atoms with Crippen molar-refractivity contribution in [1.29, 1.82) is 0 Å². The molecule has 0 bridgehead atoms. The van der Waals surface area contributed by atoms with E-state index in [0.717, 1.165) is 4.47 Å². The molecule has 0 amide bonds. The number of hydrogen-bond acceptors (Lipinski definition) is 7. The van der Waals surface area contributed by atoms with E-state index < -0.39 is 5.63 Å². The first kappa shape index (κ1) is 15.5. The SMILES string of the molecule is COc1cc2oc(=O)c(-c3nnc(-c4ccncc4)o3)cc2cc1Br. The third kappa shape index (κ3) is 2.80. The van der Waals surface area contributed by atoms with Crippen LogP contribution in [-0.4, -0.2) is 22.3 Å². The first-order chi connectivity index (χ1) is 12.2. The average molecular weight is 400 g/mol. The van der Waals surface area contributed by atoms with E-state index >= 15 is 0 Å². The minimum absolute atomic E-state index is 0.0920. The molecule has 25 heavy (non-hydrogen) atoms. The average Bonchev–Trinajstić information content (AvgIpc) is 3.11. The summed E-state index contributed by atoms with van der Waals surface area (Å²) in [5, 5.41) is 8.63. The highest BCUT2D eigenvalue weighted by molar-refractivity contribution is 9.10. The molecule has 0 aliphatic heterocycles. The van der Waals surface area contributed by atoms with Crippen LogP contribution in [0.25, 0.3) is 33.9 Å². The van der Waals surface area contributed by atoms with Crippen molar-refractivity contribution in [3.8, 4) is 28.7 Å². The molecule has 0 saturated heterocycles. The number of benzene rings is 1. The molecule has 0 unspecified atom stereocenters. The topological polar surface area (TPSA) is 91.2 Å². The summed E-state index contributed by atoms with van der Waals surface area (Å²) in [6, 6.07) is 8.56. The zero-order valence-electron chi connectivity index (χ0n) is 12.9. The number of fused-ring (bicyclic) bond motifs is 1. The van der Waals surface area contributed by atoms with Crippen molar-refractivity contribution in [3.63, 3.8) is 0 Å².